The average Bonchev–Trinajstić information content (AvgIpc) is 2.41. The van der Waals surface area contributed by atoms with Gasteiger partial charge >= 0.3 is 0 Å². The molecule has 19 heavy (non-hydrogen) atoms. The van der Waals surface area contributed by atoms with Crippen molar-refractivity contribution >= 4 is 27.4 Å². The smallest absolute Gasteiger partial charge is 0.151 e. The predicted octanol–water partition coefficient (Wildman–Crippen LogP) is 2.93. The van der Waals surface area contributed by atoms with Crippen LogP contribution in [0.1, 0.15) is 11.1 Å². The van der Waals surface area contributed by atoms with E-state index in [-0.39, 0.29) is 0 Å². The molecule has 0 fully saturated rings. The van der Waals surface area contributed by atoms with Crippen LogP contribution in [0.3, 0.4) is 0 Å². The molecule has 1 heterocycles. The zero-order valence-corrected chi connectivity index (χ0v) is 12.1. The third-order valence-electron chi connectivity index (χ3n) is 2.75. The van der Waals surface area contributed by atoms with Crippen LogP contribution < -0.4 is 10.6 Å². The first-order valence-electron chi connectivity index (χ1n) is 5.72. The summed E-state index contributed by atoms with van der Waals surface area (Å²) in [5.41, 5.74) is 8.05. The minimum absolute atomic E-state index is 0.468. The number of hydrogen-bond acceptors (Lipinski definition) is 4. The number of hydrogen-bond donors (Lipinski definition) is 1. The van der Waals surface area contributed by atoms with Crippen LogP contribution in [0.2, 0.25) is 0 Å². The molecule has 1 aromatic carbocycles. The fraction of sp³-hybridized carbons (Fsp3) is 0.143. The van der Waals surface area contributed by atoms with Gasteiger partial charge in [0, 0.05) is 24.3 Å². The molecule has 0 spiro atoms. The Morgan fingerprint density at radius 2 is 2.16 bits per heavy atom. The van der Waals surface area contributed by atoms with Crippen molar-refractivity contribution in [2.24, 2.45) is 0 Å². The highest BCUT2D eigenvalue weighted by molar-refractivity contribution is 9.10. The molecule has 96 valence electrons. The fourth-order valence-electron chi connectivity index (χ4n) is 1.81. The highest BCUT2D eigenvalue weighted by Crippen LogP contribution is 2.24. The molecular weight excluding hydrogens is 304 g/mol. The van der Waals surface area contributed by atoms with Gasteiger partial charge in [-0.15, -0.1) is 0 Å². The molecule has 1 aromatic heterocycles. The van der Waals surface area contributed by atoms with Crippen molar-refractivity contribution in [2.45, 2.75) is 6.54 Å². The Bertz CT molecular complexity index is 634. The second-order valence-corrected chi connectivity index (χ2v) is 5.05. The molecule has 0 amide bonds. The maximum atomic E-state index is 8.80. The van der Waals surface area contributed by atoms with E-state index in [2.05, 4.69) is 20.9 Å². The third kappa shape index (κ3) is 3.04. The maximum Gasteiger partial charge on any atom is 0.151 e. The molecule has 0 saturated heterocycles. The summed E-state index contributed by atoms with van der Waals surface area (Å²) in [6, 6.07) is 11.7. The number of pyridine rings is 1. The number of nitrogens with zero attached hydrogens (tertiary/aromatic N) is 3. The van der Waals surface area contributed by atoms with Gasteiger partial charge in [0.25, 0.3) is 0 Å². The Kier molecular flexibility index (Phi) is 4.03. The molecule has 4 nitrogen and oxygen atoms in total. The lowest BCUT2D eigenvalue weighted by Crippen LogP contribution is -2.19. The van der Waals surface area contributed by atoms with E-state index in [9.17, 15) is 0 Å². The van der Waals surface area contributed by atoms with Crippen LogP contribution in [0.25, 0.3) is 0 Å². The van der Waals surface area contributed by atoms with E-state index >= 15 is 0 Å². The largest absolute Gasteiger partial charge is 0.396 e. The van der Waals surface area contributed by atoms with Gasteiger partial charge in [0.05, 0.1) is 11.3 Å². The van der Waals surface area contributed by atoms with Crippen LogP contribution in [0.15, 0.2) is 41.0 Å². The standard InChI is InChI=1S/C14H13BrN4/c1-19(9-11-4-2-3-5-12(11)15)14-13(17)6-10(7-16)8-18-14/h2-6,8H,9,17H2,1H3. The Labute approximate surface area is 120 Å². The third-order valence-corrected chi connectivity index (χ3v) is 3.52. The SMILES string of the molecule is CN(Cc1ccccc1Br)c1ncc(C#N)cc1N. The normalized spacial score (nSPS) is 9.95. The van der Waals surface area contributed by atoms with E-state index in [4.69, 9.17) is 11.0 Å². The Hall–Kier alpha value is -2.06. The van der Waals surface area contributed by atoms with Gasteiger partial charge in [0.15, 0.2) is 5.82 Å². The van der Waals surface area contributed by atoms with Crippen molar-refractivity contribution < 1.29 is 0 Å². The summed E-state index contributed by atoms with van der Waals surface area (Å²) in [6.45, 7) is 0.685. The van der Waals surface area contributed by atoms with Crippen LogP contribution in [0.4, 0.5) is 11.5 Å². The van der Waals surface area contributed by atoms with Gasteiger partial charge in [-0.25, -0.2) is 4.98 Å². The van der Waals surface area contributed by atoms with Crippen molar-refractivity contribution in [3.63, 3.8) is 0 Å². The molecule has 0 atom stereocenters. The van der Waals surface area contributed by atoms with Crippen molar-refractivity contribution in [1.82, 2.24) is 4.98 Å². The number of anilines is 2. The van der Waals surface area contributed by atoms with Crippen molar-refractivity contribution in [2.75, 3.05) is 17.7 Å². The molecule has 2 aromatic rings. The quantitative estimate of drug-likeness (QED) is 0.945. The Balaban J connectivity index is 2.24. The molecule has 0 aliphatic carbocycles. The fourth-order valence-corrected chi connectivity index (χ4v) is 2.22. The summed E-state index contributed by atoms with van der Waals surface area (Å²) in [6.07, 6.45) is 1.53. The molecule has 2 rings (SSSR count). The summed E-state index contributed by atoms with van der Waals surface area (Å²) in [5.74, 6) is 0.676. The first-order valence-corrected chi connectivity index (χ1v) is 6.51. The molecule has 0 aliphatic rings. The number of nitriles is 1. The van der Waals surface area contributed by atoms with Gasteiger partial charge in [0.1, 0.15) is 6.07 Å². The second-order valence-electron chi connectivity index (χ2n) is 4.20. The van der Waals surface area contributed by atoms with Crippen LogP contribution >= 0.6 is 15.9 Å². The molecule has 0 aliphatic heterocycles. The van der Waals surface area contributed by atoms with Crippen LogP contribution in [0, 0.1) is 11.3 Å². The van der Waals surface area contributed by atoms with Crippen LogP contribution in [0.5, 0.6) is 0 Å². The lowest BCUT2D eigenvalue weighted by atomic mass is 10.2. The highest BCUT2D eigenvalue weighted by atomic mass is 79.9. The minimum atomic E-state index is 0.468. The average molecular weight is 317 g/mol. The van der Waals surface area contributed by atoms with E-state index in [1.165, 1.54) is 6.20 Å². The van der Waals surface area contributed by atoms with E-state index in [0.717, 1.165) is 10.0 Å². The molecule has 0 unspecified atom stereocenters. The summed E-state index contributed by atoms with van der Waals surface area (Å²) < 4.78 is 1.05. The van der Waals surface area contributed by atoms with Gasteiger partial charge in [-0.05, 0) is 17.7 Å². The minimum Gasteiger partial charge on any atom is -0.396 e. The summed E-state index contributed by atoms with van der Waals surface area (Å²) in [4.78, 5) is 6.19. The van der Waals surface area contributed by atoms with E-state index in [1.807, 2.05) is 42.3 Å². The molecule has 2 N–H and O–H groups in total. The van der Waals surface area contributed by atoms with Gasteiger partial charge < -0.3 is 10.6 Å². The van der Waals surface area contributed by atoms with E-state index in [0.29, 0.717) is 23.6 Å². The monoisotopic (exact) mass is 316 g/mol. The van der Waals surface area contributed by atoms with Gasteiger partial charge in [-0.1, -0.05) is 34.1 Å². The number of rotatable bonds is 3. The molecule has 5 heteroatoms. The number of nitrogens with two attached hydrogens (primary N) is 1. The highest BCUT2D eigenvalue weighted by Gasteiger charge is 2.10. The number of benzene rings is 1. The lowest BCUT2D eigenvalue weighted by Gasteiger charge is -2.20. The molecule has 0 radical (unpaired) electrons. The summed E-state index contributed by atoms with van der Waals surface area (Å²) in [5, 5.41) is 8.80. The zero-order chi connectivity index (χ0) is 13.8. The summed E-state index contributed by atoms with van der Waals surface area (Å²) in [7, 11) is 1.92. The van der Waals surface area contributed by atoms with E-state index < -0.39 is 0 Å². The molecular formula is C14H13BrN4. The van der Waals surface area contributed by atoms with Crippen molar-refractivity contribution in [1.29, 1.82) is 5.26 Å². The van der Waals surface area contributed by atoms with Gasteiger partial charge in [-0.3, -0.25) is 0 Å². The van der Waals surface area contributed by atoms with Gasteiger partial charge in [-0.2, -0.15) is 5.26 Å². The van der Waals surface area contributed by atoms with Gasteiger partial charge in [0.2, 0.25) is 0 Å². The number of aromatic nitrogens is 1. The van der Waals surface area contributed by atoms with E-state index in [1.54, 1.807) is 6.07 Å². The predicted molar refractivity (Wildman–Crippen MR) is 79.6 cm³/mol. The van der Waals surface area contributed by atoms with Crippen molar-refractivity contribution in [3.05, 3.63) is 52.1 Å². The molecule has 0 saturated carbocycles. The maximum absolute atomic E-state index is 8.80. The Morgan fingerprint density at radius 1 is 1.42 bits per heavy atom. The topological polar surface area (TPSA) is 65.9 Å². The zero-order valence-electron chi connectivity index (χ0n) is 10.5. The van der Waals surface area contributed by atoms with Crippen LogP contribution in [-0.2, 0) is 6.54 Å². The van der Waals surface area contributed by atoms with Crippen molar-refractivity contribution in [3.8, 4) is 6.07 Å². The number of halogens is 1. The second kappa shape index (κ2) is 5.72. The Morgan fingerprint density at radius 3 is 2.79 bits per heavy atom. The van der Waals surface area contributed by atoms with Crippen LogP contribution in [-0.4, -0.2) is 12.0 Å². The lowest BCUT2D eigenvalue weighted by molar-refractivity contribution is 0.896. The molecule has 0 bridgehead atoms. The first-order chi connectivity index (χ1) is 9.11. The summed E-state index contributed by atoms with van der Waals surface area (Å²) >= 11 is 3.52. The first kappa shape index (κ1) is 13.4. The number of nitrogen functional groups attached to an aromatic ring is 1.